The van der Waals surface area contributed by atoms with Crippen molar-refractivity contribution in [1.82, 2.24) is 0 Å². The third kappa shape index (κ3) is 1.71. The molecule has 3 heteroatoms. The Balaban J connectivity index is 3.03. The highest BCUT2D eigenvalue weighted by molar-refractivity contribution is 5.38. The molecule has 0 nitrogen and oxygen atoms in total. The van der Waals surface area contributed by atoms with E-state index in [9.17, 15) is 13.2 Å². The van der Waals surface area contributed by atoms with E-state index < -0.39 is 11.7 Å². The van der Waals surface area contributed by atoms with E-state index in [-0.39, 0.29) is 12.0 Å². The van der Waals surface area contributed by atoms with Gasteiger partial charge < -0.3 is 0 Å². The quantitative estimate of drug-likeness (QED) is 0.528. The minimum Gasteiger partial charge on any atom is -0.166 e. The summed E-state index contributed by atoms with van der Waals surface area (Å²) in [6, 6.07) is 0. The second kappa shape index (κ2) is 2.96. The highest BCUT2D eigenvalue weighted by Gasteiger charge is 2.35. The summed E-state index contributed by atoms with van der Waals surface area (Å²) in [5.41, 5.74) is 0.300. The molecule has 1 rings (SSSR count). The maximum absolute atomic E-state index is 12.2. The van der Waals surface area contributed by atoms with Gasteiger partial charge in [0.05, 0.1) is 0 Å². The van der Waals surface area contributed by atoms with Crippen LogP contribution < -0.4 is 0 Å². The van der Waals surface area contributed by atoms with Crippen LogP contribution >= 0.6 is 0 Å². The van der Waals surface area contributed by atoms with Gasteiger partial charge >= 0.3 is 6.18 Å². The van der Waals surface area contributed by atoms with Crippen LogP contribution in [0.2, 0.25) is 0 Å². The van der Waals surface area contributed by atoms with E-state index >= 15 is 0 Å². The predicted octanol–water partition coefficient (Wildman–Crippen LogP) is 3.10. The Kier molecular flexibility index (Phi) is 2.31. The number of alkyl halides is 3. The lowest BCUT2D eigenvalue weighted by Crippen LogP contribution is -2.16. The van der Waals surface area contributed by atoms with Gasteiger partial charge in [0.25, 0.3) is 0 Å². The lowest BCUT2D eigenvalue weighted by Gasteiger charge is -2.18. The normalized spacial score (nSPS) is 19.6. The van der Waals surface area contributed by atoms with Crippen molar-refractivity contribution < 1.29 is 13.2 Å². The van der Waals surface area contributed by atoms with Gasteiger partial charge in [0, 0.05) is 12.0 Å². The Morgan fingerprint density at radius 2 is 1.83 bits per heavy atom. The molecule has 0 bridgehead atoms. The van der Waals surface area contributed by atoms with Crippen molar-refractivity contribution in [2.75, 3.05) is 0 Å². The topological polar surface area (TPSA) is 0 Å². The highest BCUT2D eigenvalue weighted by Crippen LogP contribution is 2.35. The van der Waals surface area contributed by atoms with Crippen molar-refractivity contribution in [3.8, 4) is 0 Å². The zero-order valence-corrected chi connectivity index (χ0v) is 6.84. The Morgan fingerprint density at radius 3 is 2.25 bits per heavy atom. The van der Waals surface area contributed by atoms with Crippen LogP contribution in [-0.2, 0) is 0 Å². The molecule has 12 heavy (non-hydrogen) atoms. The first-order chi connectivity index (χ1) is 5.43. The molecule has 0 atom stereocenters. The molecule has 0 spiro atoms. The van der Waals surface area contributed by atoms with Crippen LogP contribution in [0.25, 0.3) is 0 Å². The second-order valence-corrected chi connectivity index (χ2v) is 2.70. The van der Waals surface area contributed by atoms with Gasteiger partial charge in [0.2, 0.25) is 0 Å². The zero-order chi connectivity index (χ0) is 9.35. The van der Waals surface area contributed by atoms with Gasteiger partial charge in [-0.1, -0.05) is 0 Å². The Hall–Kier alpha value is -0.730. The van der Waals surface area contributed by atoms with Crippen molar-refractivity contribution in [3.63, 3.8) is 0 Å². The third-order valence-electron chi connectivity index (χ3n) is 1.90. The SMILES string of the molecule is CC1=[C][C]CC(C(F)(F)F)=C1C. The Morgan fingerprint density at radius 1 is 1.25 bits per heavy atom. The molecule has 0 heterocycles. The highest BCUT2D eigenvalue weighted by atomic mass is 19.4. The molecular weight excluding hydrogens is 165 g/mol. The average molecular weight is 173 g/mol. The van der Waals surface area contributed by atoms with Crippen molar-refractivity contribution in [2.24, 2.45) is 0 Å². The molecule has 1 aliphatic carbocycles. The Labute approximate surface area is 69.8 Å². The molecule has 0 aliphatic heterocycles. The number of hydrogen-bond donors (Lipinski definition) is 0. The van der Waals surface area contributed by atoms with Crippen LogP contribution in [0.4, 0.5) is 13.2 Å². The summed E-state index contributed by atoms with van der Waals surface area (Å²) in [6.45, 7) is 3.07. The molecule has 0 saturated carbocycles. The van der Waals surface area contributed by atoms with Crippen LogP contribution in [0.1, 0.15) is 20.3 Å². The molecule has 0 fully saturated rings. The first-order valence-electron chi connectivity index (χ1n) is 3.52. The lowest BCUT2D eigenvalue weighted by molar-refractivity contribution is -0.0940. The van der Waals surface area contributed by atoms with Crippen LogP contribution in [0.5, 0.6) is 0 Å². The van der Waals surface area contributed by atoms with Gasteiger partial charge in [-0.25, -0.2) is 0 Å². The summed E-state index contributed by atoms with van der Waals surface area (Å²) in [4.78, 5) is 0. The molecule has 0 aromatic carbocycles. The van der Waals surface area contributed by atoms with E-state index in [0.29, 0.717) is 5.57 Å². The van der Waals surface area contributed by atoms with E-state index in [2.05, 4.69) is 12.5 Å². The summed E-state index contributed by atoms with van der Waals surface area (Å²) in [6.07, 6.45) is 0.704. The summed E-state index contributed by atoms with van der Waals surface area (Å²) in [5, 5.41) is 0. The molecule has 0 N–H and O–H groups in total. The van der Waals surface area contributed by atoms with Crippen molar-refractivity contribution in [2.45, 2.75) is 26.4 Å². The smallest absolute Gasteiger partial charge is 0.166 e. The van der Waals surface area contributed by atoms with Crippen molar-refractivity contribution in [1.29, 1.82) is 0 Å². The largest absolute Gasteiger partial charge is 0.412 e. The molecule has 0 aromatic rings. The number of hydrogen-bond acceptors (Lipinski definition) is 0. The van der Waals surface area contributed by atoms with Crippen LogP contribution in [0, 0.1) is 12.5 Å². The fraction of sp³-hybridized carbons (Fsp3) is 0.444. The summed E-state index contributed by atoms with van der Waals surface area (Å²) in [7, 11) is 0. The second-order valence-electron chi connectivity index (χ2n) is 2.70. The summed E-state index contributed by atoms with van der Waals surface area (Å²) in [5.74, 6) is 0. The molecule has 3 radical (unpaired) electrons. The van der Waals surface area contributed by atoms with Gasteiger partial charge in [0.15, 0.2) is 0 Å². The first-order valence-corrected chi connectivity index (χ1v) is 3.52. The maximum atomic E-state index is 12.2. The van der Waals surface area contributed by atoms with Crippen molar-refractivity contribution >= 4 is 0 Å². The molecule has 0 amide bonds. The van der Waals surface area contributed by atoms with Crippen LogP contribution in [0.15, 0.2) is 16.7 Å². The lowest BCUT2D eigenvalue weighted by atomic mass is 9.92. The fourth-order valence-electron chi connectivity index (χ4n) is 1.03. The van der Waals surface area contributed by atoms with E-state index in [1.807, 2.05) is 0 Å². The van der Waals surface area contributed by atoms with Gasteiger partial charge in [0.1, 0.15) is 0 Å². The van der Waals surface area contributed by atoms with E-state index in [1.165, 1.54) is 6.92 Å². The standard InChI is InChI=1S/C9H8F3/c1-6-4-3-5-8(7(6)2)9(10,11)12/h5H2,1-2H3. The molecule has 0 saturated heterocycles. The van der Waals surface area contributed by atoms with Crippen LogP contribution in [0.3, 0.4) is 0 Å². The number of rotatable bonds is 0. The molecule has 1 aliphatic rings. The molecule has 65 valence electrons. The van der Waals surface area contributed by atoms with Gasteiger partial charge in [-0.05, 0) is 37.5 Å². The Bertz CT molecular complexity index is 243. The minimum absolute atomic E-state index is 0.174. The minimum atomic E-state index is -4.22. The first kappa shape index (κ1) is 9.36. The van der Waals surface area contributed by atoms with Gasteiger partial charge in [-0.2, -0.15) is 13.2 Å². The number of halogens is 3. The maximum Gasteiger partial charge on any atom is 0.412 e. The zero-order valence-electron chi connectivity index (χ0n) is 6.84. The van der Waals surface area contributed by atoms with Gasteiger partial charge in [-0.15, -0.1) is 0 Å². The summed E-state index contributed by atoms with van der Waals surface area (Å²) >= 11 is 0. The monoisotopic (exact) mass is 173 g/mol. The van der Waals surface area contributed by atoms with E-state index in [1.54, 1.807) is 6.92 Å². The van der Waals surface area contributed by atoms with Gasteiger partial charge in [-0.3, -0.25) is 0 Å². The fourth-order valence-corrected chi connectivity index (χ4v) is 1.03. The predicted molar refractivity (Wildman–Crippen MR) is 39.0 cm³/mol. The van der Waals surface area contributed by atoms with Crippen molar-refractivity contribution in [3.05, 3.63) is 29.2 Å². The molecule has 0 aromatic heterocycles. The molecule has 0 unspecified atom stereocenters. The van der Waals surface area contributed by atoms with Crippen LogP contribution in [-0.4, -0.2) is 6.18 Å². The average Bonchev–Trinajstić information content (AvgIpc) is 1.92. The summed E-state index contributed by atoms with van der Waals surface area (Å²) < 4.78 is 36.7. The molecular formula is C9H8F3. The number of allylic oxidation sites excluding steroid dienone is 4. The van der Waals surface area contributed by atoms with E-state index in [0.717, 1.165) is 0 Å². The third-order valence-corrected chi connectivity index (χ3v) is 1.90. The van der Waals surface area contributed by atoms with E-state index in [4.69, 9.17) is 0 Å².